The van der Waals surface area contributed by atoms with E-state index in [1.807, 2.05) is 17.4 Å². The molecule has 0 N–H and O–H groups in total. The molecule has 0 atom stereocenters. The number of aromatic nitrogens is 1. The number of anilines is 3. The minimum Gasteiger partial charge on any atom is -0.456 e. The van der Waals surface area contributed by atoms with Crippen molar-refractivity contribution in [2.75, 3.05) is 4.90 Å². The average molecular weight is 697 g/mol. The number of thiophene rings is 1. The number of nitrogens with zero attached hydrogens (tertiary/aromatic N) is 2. The van der Waals surface area contributed by atoms with Crippen LogP contribution in [-0.2, 0) is 0 Å². The maximum Gasteiger partial charge on any atom is 0.137 e. The highest BCUT2D eigenvalue weighted by molar-refractivity contribution is 7.26. The molecule has 0 fully saturated rings. The fraction of sp³-hybridized carbons (Fsp3) is 0.0204. The first-order chi connectivity index (χ1) is 26.2. The number of aryl methyl sites for hydroxylation is 1. The van der Waals surface area contributed by atoms with E-state index in [0.29, 0.717) is 0 Å². The van der Waals surface area contributed by atoms with E-state index in [1.54, 1.807) is 0 Å². The molecule has 0 aliphatic rings. The maximum absolute atomic E-state index is 6.41. The summed E-state index contributed by atoms with van der Waals surface area (Å²) in [6.07, 6.45) is 0. The lowest BCUT2D eigenvalue weighted by atomic mass is 10.0. The Hall–Kier alpha value is -6.62. The van der Waals surface area contributed by atoms with Gasteiger partial charge in [-0.15, -0.1) is 11.3 Å². The molecule has 4 heteroatoms. The van der Waals surface area contributed by atoms with Gasteiger partial charge in [-0.25, -0.2) is 0 Å². The zero-order chi connectivity index (χ0) is 35.0. The van der Waals surface area contributed by atoms with Gasteiger partial charge in [-0.05, 0) is 96.9 Å². The average Bonchev–Trinajstić information content (AvgIpc) is 3.89. The van der Waals surface area contributed by atoms with Gasteiger partial charge in [-0.1, -0.05) is 103 Å². The zero-order valence-corrected chi connectivity index (χ0v) is 29.8. The van der Waals surface area contributed by atoms with Gasteiger partial charge in [-0.3, -0.25) is 0 Å². The summed E-state index contributed by atoms with van der Waals surface area (Å²) in [4.78, 5) is 2.42. The van der Waals surface area contributed by atoms with Crippen LogP contribution >= 0.6 is 11.3 Å². The van der Waals surface area contributed by atoms with Crippen molar-refractivity contribution in [3.8, 4) is 16.8 Å². The fourth-order valence-corrected chi connectivity index (χ4v) is 9.35. The van der Waals surface area contributed by atoms with Crippen molar-refractivity contribution in [1.29, 1.82) is 0 Å². The molecule has 250 valence electrons. The fourth-order valence-electron chi connectivity index (χ4n) is 8.22. The van der Waals surface area contributed by atoms with Gasteiger partial charge in [-0.2, -0.15) is 0 Å². The topological polar surface area (TPSA) is 21.3 Å². The van der Waals surface area contributed by atoms with Crippen molar-refractivity contribution in [3.05, 3.63) is 181 Å². The predicted molar refractivity (Wildman–Crippen MR) is 226 cm³/mol. The Morgan fingerprint density at radius 1 is 0.472 bits per heavy atom. The van der Waals surface area contributed by atoms with Gasteiger partial charge in [0.2, 0.25) is 0 Å². The molecule has 0 unspecified atom stereocenters. The summed E-state index contributed by atoms with van der Waals surface area (Å²) in [7, 11) is 0. The van der Waals surface area contributed by atoms with E-state index in [2.05, 4.69) is 186 Å². The van der Waals surface area contributed by atoms with E-state index in [0.717, 1.165) is 39.0 Å². The Kier molecular flexibility index (Phi) is 6.64. The molecule has 3 heterocycles. The molecule has 0 spiro atoms. The molecule has 3 aromatic heterocycles. The molecule has 0 aliphatic carbocycles. The largest absolute Gasteiger partial charge is 0.456 e. The van der Waals surface area contributed by atoms with Gasteiger partial charge in [0.25, 0.3) is 0 Å². The Morgan fingerprint density at radius 2 is 1.11 bits per heavy atom. The second-order valence-corrected chi connectivity index (χ2v) is 14.9. The van der Waals surface area contributed by atoms with Crippen molar-refractivity contribution in [2.45, 2.75) is 6.92 Å². The molecular weight excluding hydrogens is 665 g/mol. The highest BCUT2D eigenvalue weighted by atomic mass is 32.1. The molecule has 0 radical (unpaired) electrons. The molecule has 3 nitrogen and oxygen atoms in total. The van der Waals surface area contributed by atoms with Crippen LogP contribution in [-0.4, -0.2) is 4.57 Å². The number of hydrogen-bond donors (Lipinski definition) is 0. The van der Waals surface area contributed by atoms with E-state index in [9.17, 15) is 0 Å². The van der Waals surface area contributed by atoms with Gasteiger partial charge in [0.05, 0.1) is 27.8 Å². The second kappa shape index (κ2) is 11.7. The summed E-state index contributed by atoms with van der Waals surface area (Å²) in [6.45, 7) is 2.14. The summed E-state index contributed by atoms with van der Waals surface area (Å²) < 4.78 is 11.3. The number of fused-ring (bicyclic) bond motifs is 9. The Labute approximate surface area is 310 Å². The summed E-state index contributed by atoms with van der Waals surface area (Å²) in [5.74, 6) is 0. The quantitative estimate of drug-likeness (QED) is 0.179. The van der Waals surface area contributed by atoms with E-state index in [-0.39, 0.29) is 0 Å². The van der Waals surface area contributed by atoms with Crippen LogP contribution in [0.5, 0.6) is 0 Å². The Morgan fingerprint density at radius 3 is 1.96 bits per heavy atom. The van der Waals surface area contributed by atoms with Crippen molar-refractivity contribution in [3.63, 3.8) is 0 Å². The first-order valence-corrected chi connectivity index (χ1v) is 18.8. The predicted octanol–water partition coefficient (Wildman–Crippen LogP) is 14.5. The minimum atomic E-state index is 0.880. The van der Waals surface area contributed by atoms with Crippen LogP contribution in [0, 0.1) is 6.92 Å². The van der Waals surface area contributed by atoms with Gasteiger partial charge in [0, 0.05) is 47.7 Å². The van der Waals surface area contributed by atoms with Crippen molar-refractivity contribution in [2.24, 2.45) is 0 Å². The zero-order valence-electron chi connectivity index (χ0n) is 29.0. The molecule has 0 aliphatic heterocycles. The lowest BCUT2D eigenvalue weighted by Crippen LogP contribution is -2.10. The van der Waals surface area contributed by atoms with E-state index in [4.69, 9.17) is 4.42 Å². The monoisotopic (exact) mass is 696 g/mol. The van der Waals surface area contributed by atoms with Crippen molar-refractivity contribution in [1.82, 2.24) is 4.57 Å². The van der Waals surface area contributed by atoms with E-state index < -0.39 is 0 Å². The van der Waals surface area contributed by atoms with Crippen LogP contribution in [0.1, 0.15) is 5.56 Å². The smallest absolute Gasteiger partial charge is 0.137 e. The highest BCUT2D eigenvalue weighted by Crippen LogP contribution is 2.48. The van der Waals surface area contributed by atoms with Crippen molar-refractivity contribution < 1.29 is 4.42 Å². The van der Waals surface area contributed by atoms with Crippen LogP contribution < -0.4 is 4.90 Å². The Bertz CT molecular complexity index is 3070. The Balaban J connectivity index is 1.10. The third-order valence-electron chi connectivity index (χ3n) is 10.7. The summed E-state index contributed by atoms with van der Waals surface area (Å²) in [6, 6.07) is 63.7. The summed E-state index contributed by atoms with van der Waals surface area (Å²) in [5.41, 5.74) is 12.3. The van der Waals surface area contributed by atoms with Gasteiger partial charge >= 0.3 is 0 Å². The van der Waals surface area contributed by atoms with Crippen molar-refractivity contribution >= 4 is 92.3 Å². The first kappa shape index (κ1) is 30.0. The summed E-state index contributed by atoms with van der Waals surface area (Å²) in [5, 5.41) is 7.26. The third-order valence-corrected chi connectivity index (χ3v) is 11.8. The minimum absolute atomic E-state index is 0.880. The maximum atomic E-state index is 6.41. The molecule has 0 bridgehead atoms. The normalized spacial score (nSPS) is 11.9. The standard InChI is InChI=1S/C49H32N2OS/c1-31-20-25-34(26-21-31)50-40-13-5-2-10-36(40)39-30-33(24-29-41(39)50)32-22-27-35(28-23-32)51(42-14-8-17-45-48(42)37-11-3-6-16-44(37)52-45)43-15-9-19-47-49(43)38-12-4-7-18-46(38)53-47/h2-30H,1H3. The molecular formula is C49H32N2OS. The molecule has 0 amide bonds. The molecule has 8 aromatic carbocycles. The first-order valence-electron chi connectivity index (χ1n) is 18.0. The third kappa shape index (κ3) is 4.66. The van der Waals surface area contributed by atoms with Gasteiger partial charge < -0.3 is 13.9 Å². The molecule has 11 rings (SSSR count). The van der Waals surface area contributed by atoms with Gasteiger partial charge in [0.15, 0.2) is 0 Å². The second-order valence-electron chi connectivity index (χ2n) is 13.8. The number of rotatable bonds is 5. The molecule has 11 aromatic rings. The van der Waals surface area contributed by atoms with Crippen LogP contribution in [0.4, 0.5) is 17.1 Å². The number of benzene rings is 8. The number of furan rings is 1. The molecule has 0 saturated carbocycles. The van der Waals surface area contributed by atoms with Crippen LogP contribution in [0.15, 0.2) is 180 Å². The lowest BCUT2D eigenvalue weighted by molar-refractivity contribution is 0.669. The van der Waals surface area contributed by atoms with Crippen LogP contribution in [0.25, 0.3) is 80.7 Å². The lowest BCUT2D eigenvalue weighted by Gasteiger charge is -2.27. The molecule has 0 saturated heterocycles. The van der Waals surface area contributed by atoms with Crippen LogP contribution in [0.2, 0.25) is 0 Å². The van der Waals surface area contributed by atoms with E-state index in [1.165, 1.54) is 64.4 Å². The van der Waals surface area contributed by atoms with E-state index >= 15 is 0 Å². The highest BCUT2D eigenvalue weighted by Gasteiger charge is 2.22. The van der Waals surface area contributed by atoms with Gasteiger partial charge in [0.1, 0.15) is 11.2 Å². The van der Waals surface area contributed by atoms with Crippen LogP contribution in [0.3, 0.4) is 0 Å². The number of para-hydroxylation sites is 2. The number of hydrogen-bond acceptors (Lipinski definition) is 3. The molecule has 53 heavy (non-hydrogen) atoms. The SMILES string of the molecule is Cc1ccc(-n2c3ccccc3c3cc(-c4ccc(N(c5cccc6oc7ccccc7c56)c5cccc6sc7ccccc7c56)cc4)ccc32)cc1. The summed E-state index contributed by atoms with van der Waals surface area (Å²) >= 11 is 1.85.